The highest BCUT2D eigenvalue weighted by molar-refractivity contribution is 7.11. The van der Waals surface area contributed by atoms with E-state index in [1.165, 1.54) is 0 Å². The fourth-order valence-electron chi connectivity index (χ4n) is 1.35. The number of hydrogen-bond acceptors (Lipinski definition) is 3. The first-order valence-corrected chi connectivity index (χ1v) is 5.90. The van der Waals surface area contributed by atoms with E-state index in [1.54, 1.807) is 11.3 Å². The number of aryl methyl sites for hydroxylation is 2. The van der Waals surface area contributed by atoms with Crippen molar-refractivity contribution in [1.29, 1.82) is 0 Å². The normalized spacial score (nSPS) is 12.1. The molecule has 1 heterocycles. The molecule has 0 aliphatic carbocycles. The molecular weight excluding hydrogens is 237 g/mol. The molecule has 1 N–H and O–H groups in total. The molecule has 0 spiro atoms. The highest BCUT2D eigenvalue weighted by Crippen LogP contribution is 2.21. The van der Waals surface area contributed by atoms with E-state index in [0.29, 0.717) is 13.1 Å². The number of rotatable bonds is 5. The molecule has 2 nitrogen and oxygen atoms in total. The van der Waals surface area contributed by atoms with Crippen LogP contribution < -0.4 is 5.32 Å². The summed E-state index contributed by atoms with van der Waals surface area (Å²) in [5, 5.41) is 3.99. The largest absolute Gasteiger partial charge is 0.389 e. The zero-order chi connectivity index (χ0) is 12.2. The van der Waals surface area contributed by atoms with Crippen LogP contribution in [0.3, 0.4) is 0 Å². The maximum Gasteiger partial charge on any atom is 0.389 e. The van der Waals surface area contributed by atoms with Crippen molar-refractivity contribution in [1.82, 2.24) is 10.3 Å². The minimum atomic E-state index is -4.04. The number of nitrogens with one attached hydrogen (secondary N) is 1. The Hall–Kier alpha value is -0.620. The minimum Gasteiger partial charge on any atom is -0.312 e. The average molecular weight is 252 g/mol. The summed E-state index contributed by atoms with van der Waals surface area (Å²) in [5.41, 5.74) is 0.964. The van der Waals surface area contributed by atoms with Crippen molar-refractivity contribution in [3.05, 3.63) is 15.6 Å². The summed E-state index contributed by atoms with van der Waals surface area (Å²) in [5.74, 6) is 0. The van der Waals surface area contributed by atoms with Crippen molar-refractivity contribution < 1.29 is 13.2 Å². The highest BCUT2D eigenvalue weighted by Gasteiger charge is 2.25. The molecule has 0 aliphatic rings. The van der Waals surface area contributed by atoms with E-state index in [0.717, 1.165) is 15.6 Å². The number of aromatic nitrogens is 1. The molecule has 0 amide bonds. The molecule has 0 aromatic carbocycles. The van der Waals surface area contributed by atoms with Gasteiger partial charge in [0.15, 0.2) is 0 Å². The molecule has 0 unspecified atom stereocenters. The molecule has 0 radical (unpaired) electrons. The van der Waals surface area contributed by atoms with Crippen molar-refractivity contribution in [2.24, 2.45) is 0 Å². The van der Waals surface area contributed by atoms with Gasteiger partial charge in [-0.15, -0.1) is 11.3 Å². The molecule has 0 fully saturated rings. The summed E-state index contributed by atoms with van der Waals surface area (Å²) < 4.78 is 35.5. The number of halogens is 3. The van der Waals surface area contributed by atoms with Crippen molar-refractivity contribution in [2.75, 3.05) is 6.54 Å². The molecule has 6 heteroatoms. The van der Waals surface area contributed by atoms with E-state index >= 15 is 0 Å². The van der Waals surface area contributed by atoms with E-state index in [4.69, 9.17) is 0 Å². The molecule has 1 aromatic heterocycles. The number of nitrogens with zero attached hydrogens (tertiary/aromatic N) is 1. The van der Waals surface area contributed by atoms with Crippen molar-refractivity contribution in [3.63, 3.8) is 0 Å². The van der Waals surface area contributed by atoms with Gasteiger partial charge in [0.05, 0.1) is 10.7 Å². The van der Waals surface area contributed by atoms with E-state index in [1.807, 2.05) is 13.8 Å². The van der Waals surface area contributed by atoms with Gasteiger partial charge in [-0.05, 0) is 26.8 Å². The molecule has 0 saturated heterocycles. The number of thiazole rings is 1. The minimum absolute atomic E-state index is 0.125. The number of alkyl halides is 3. The molecule has 16 heavy (non-hydrogen) atoms. The van der Waals surface area contributed by atoms with Gasteiger partial charge in [0.25, 0.3) is 0 Å². The molecule has 0 saturated carbocycles. The third-order valence-corrected chi connectivity index (χ3v) is 3.17. The monoisotopic (exact) mass is 252 g/mol. The van der Waals surface area contributed by atoms with Crippen LogP contribution >= 0.6 is 11.3 Å². The van der Waals surface area contributed by atoms with Crippen molar-refractivity contribution >= 4 is 11.3 Å². The van der Waals surface area contributed by atoms with Crippen LogP contribution in [0, 0.1) is 13.8 Å². The van der Waals surface area contributed by atoms with Gasteiger partial charge < -0.3 is 5.32 Å². The smallest absolute Gasteiger partial charge is 0.312 e. The first-order chi connectivity index (χ1) is 7.38. The summed E-state index contributed by atoms with van der Waals surface area (Å²) in [6, 6.07) is 0. The molecule has 0 bridgehead atoms. The SMILES string of the molecule is Cc1nc(C)c(CNCCCC(F)(F)F)s1. The van der Waals surface area contributed by atoms with Gasteiger partial charge in [-0.2, -0.15) is 13.2 Å². The molecule has 0 atom stereocenters. The van der Waals surface area contributed by atoms with Gasteiger partial charge in [0.2, 0.25) is 0 Å². The summed E-state index contributed by atoms with van der Waals surface area (Å²) in [6.45, 7) is 4.83. The quantitative estimate of drug-likeness (QED) is 0.814. The van der Waals surface area contributed by atoms with Crippen molar-refractivity contribution in [2.45, 2.75) is 39.4 Å². The van der Waals surface area contributed by atoms with Crippen LogP contribution in [-0.4, -0.2) is 17.7 Å². The van der Waals surface area contributed by atoms with Crippen LogP contribution in [0.2, 0.25) is 0 Å². The third-order valence-electron chi connectivity index (χ3n) is 2.10. The van der Waals surface area contributed by atoms with E-state index < -0.39 is 12.6 Å². The second-order valence-corrected chi connectivity index (χ2v) is 4.92. The zero-order valence-electron chi connectivity index (χ0n) is 9.32. The Morgan fingerprint density at radius 1 is 1.31 bits per heavy atom. The predicted octanol–water partition coefficient (Wildman–Crippen LogP) is 3.19. The Labute approximate surface area is 96.9 Å². The first kappa shape index (κ1) is 13.4. The lowest BCUT2D eigenvalue weighted by molar-refractivity contribution is -0.135. The Bertz CT molecular complexity index is 333. The Morgan fingerprint density at radius 3 is 2.50 bits per heavy atom. The Balaban J connectivity index is 2.19. The fraction of sp³-hybridized carbons (Fsp3) is 0.700. The standard InChI is InChI=1S/C10H15F3N2S/c1-7-9(16-8(2)15-7)6-14-5-3-4-10(11,12)13/h14H,3-6H2,1-2H3. The lowest BCUT2D eigenvalue weighted by Crippen LogP contribution is -2.17. The van der Waals surface area contributed by atoms with Crippen LogP contribution in [0.5, 0.6) is 0 Å². The van der Waals surface area contributed by atoms with Crippen LogP contribution in [0.25, 0.3) is 0 Å². The van der Waals surface area contributed by atoms with Gasteiger partial charge in [-0.25, -0.2) is 4.98 Å². The first-order valence-electron chi connectivity index (χ1n) is 5.09. The zero-order valence-corrected chi connectivity index (χ0v) is 10.1. The van der Waals surface area contributed by atoms with Crippen LogP contribution in [0.1, 0.15) is 28.4 Å². The number of hydrogen-bond donors (Lipinski definition) is 1. The van der Waals surface area contributed by atoms with Crippen LogP contribution in [0.4, 0.5) is 13.2 Å². The van der Waals surface area contributed by atoms with E-state index in [2.05, 4.69) is 10.3 Å². The topological polar surface area (TPSA) is 24.9 Å². The molecule has 1 aromatic rings. The summed E-state index contributed by atoms with van der Waals surface area (Å²) >= 11 is 1.58. The van der Waals surface area contributed by atoms with Gasteiger partial charge in [-0.3, -0.25) is 0 Å². The second-order valence-electron chi connectivity index (χ2n) is 3.64. The second kappa shape index (κ2) is 5.63. The fourth-order valence-corrected chi connectivity index (χ4v) is 2.26. The third kappa shape index (κ3) is 4.94. The lowest BCUT2D eigenvalue weighted by atomic mass is 10.3. The summed E-state index contributed by atoms with van der Waals surface area (Å²) in [4.78, 5) is 5.35. The van der Waals surface area contributed by atoms with Gasteiger partial charge in [0, 0.05) is 17.8 Å². The summed E-state index contributed by atoms with van der Waals surface area (Å²) in [7, 11) is 0. The molecule has 1 rings (SSSR count). The van der Waals surface area contributed by atoms with Crippen molar-refractivity contribution in [3.8, 4) is 0 Å². The van der Waals surface area contributed by atoms with Crippen LogP contribution in [0.15, 0.2) is 0 Å². The predicted molar refractivity (Wildman–Crippen MR) is 58.6 cm³/mol. The van der Waals surface area contributed by atoms with Gasteiger partial charge in [0.1, 0.15) is 0 Å². The highest BCUT2D eigenvalue weighted by atomic mass is 32.1. The Kier molecular flexibility index (Phi) is 4.73. The Morgan fingerprint density at radius 2 is 2.00 bits per heavy atom. The molecule has 0 aliphatic heterocycles. The van der Waals surface area contributed by atoms with E-state index in [9.17, 15) is 13.2 Å². The molecular formula is C10H15F3N2S. The average Bonchev–Trinajstić information content (AvgIpc) is 2.42. The maximum atomic E-state index is 11.8. The summed E-state index contributed by atoms with van der Waals surface area (Å²) in [6.07, 6.45) is -4.64. The van der Waals surface area contributed by atoms with Crippen LogP contribution in [-0.2, 0) is 6.54 Å². The molecule has 92 valence electrons. The van der Waals surface area contributed by atoms with Gasteiger partial charge >= 0.3 is 6.18 Å². The van der Waals surface area contributed by atoms with Gasteiger partial charge in [-0.1, -0.05) is 0 Å². The maximum absolute atomic E-state index is 11.8. The lowest BCUT2D eigenvalue weighted by Gasteiger charge is -2.06. The van der Waals surface area contributed by atoms with E-state index in [-0.39, 0.29) is 6.42 Å².